The van der Waals surface area contributed by atoms with Crippen LogP contribution in [-0.4, -0.2) is 59.1 Å². The molecule has 0 spiro atoms. The second-order valence-electron chi connectivity index (χ2n) is 10.8. The molecule has 0 saturated carbocycles. The molecule has 1 atom stereocenters. The number of halogens is 1. The van der Waals surface area contributed by atoms with Crippen molar-refractivity contribution in [2.45, 2.75) is 39.0 Å². The molecule has 12 heteroatoms. The lowest BCUT2D eigenvalue weighted by atomic mass is 10.00. The summed E-state index contributed by atoms with van der Waals surface area (Å²) < 4.78 is 7.41. The van der Waals surface area contributed by atoms with Crippen LogP contribution in [0.4, 0.5) is 0 Å². The summed E-state index contributed by atoms with van der Waals surface area (Å²) in [6.07, 6.45) is -0.0548. The van der Waals surface area contributed by atoms with E-state index in [2.05, 4.69) is 20.8 Å². The summed E-state index contributed by atoms with van der Waals surface area (Å²) in [5.74, 6) is 1.11. The van der Waals surface area contributed by atoms with Gasteiger partial charge in [0.25, 0.3) is 0 Å². The Labute approximate surface area is 255 Å². The van der Waals surface area contributed by atoms with Gasteiger partial charge in [0.05, 0.1) is 31.5 Å². The number of methoxy groups -OCH3 is 1. The predicted octanol–water partition coefficient (Wildman–Crippen LogP) is 3.36. The van der Waals surface area contributed by atoms with Crippen LogP contribution in [-0.2, 0) is 16.1 Å². The number of aromatic nitrogens is 3. The summed E-state index contributed by atoms with van der Waals surface area (Å²) in [6, 6.07) is 19.8. The maximum atomic E-state index is 13.2. The Morgan fingerprint density at radius 2 is 1.77 bits per heavy atom. The number of aryl methyl sites for hydroxylation is 1. The van der Waals surface area contributed by atoms with Crippen LogP contribution < -0.4 is 20.6 Å². The minimum atomic E-state index is -2.56. The van der Waals surface area contributed by atoms with Crippen LogP contribution >= 0.6 is 11.6 Å². The van der Waals surface area contributed by atoms with Gasteiger partial charge in [0.15, 0.2) is 5.82 Å². The smallest absolute Gasteiger partial charge is 0.239 e. The largest absolute Gasteiger partial charge is 0.497 e. The van der Waals surface area contributed by atoms with Gasteiger partial charge in [-0.1, -0.05) is 48.0 Å². The molecule has 1 aromatic heterocycles. The fourth-order valence-corrected chi connectivity index (χ4v) is 6.72. The monoisotopic (exact) mass is 616 g/mol. The van der Waals surface area contributed by atoms with Gasteiger partial charge in [-0.2, -0.15) is 0 Å². The third kappa shape index (κ3) is 6.69. The molecule has 0 fully saturated rings. The summed E-state index contributed by atoms with van der Waals surface area (Å²) in [5, 5.41) is 15.7. The number of carbonyl (C=O) groups is 2. The first-order chi connectivity index (χ1) is 20.5. The summed E-state index contributed by atoms with van der Waals surface area (Å²) in [7, 11) is -0.963. The maximum absolute atomic E-state index is 13.2. The van der Waals surface area contributed by atoms with Gasteiger partial charge in [0, 0.05) is 22.7 Å². The van der Waals surface area contributed by atoms with E-state index in [9.17, 15) is 14.4 Å². The highest BCUT2D eigenvalue weighted by Gasteiger charge is 2.30. The molecular weight excluding hydrogens is 584 g/mol. The Kier molecular flexibility index (Phi) is 8.76. The molecule has 1 unspecified atom stereocenters. The number of amides is 2. The fourth-order valence-electron chi connectivity index (χ4n) is 5.13. The van der Waals surface area contributed by atoms with Crippen LogP contribution in [0, 0.1) is 6.92 Å². The van der Waals surface area contributed by atoms with E-state index in [-0.39, 0.29) is 31.3 Å². The van der Waals surface area contributed by atoms with Crippen LogP contribution in [0.3, 0.4) is 0 Å². The van der Waals surface area contributed by atoms with Crippen LogP contribution in [0.25, 0.3) is 5.69 Å². The SMILES string of the molecule is COc1ccc2c(c1)C(c1ccc(Cl)cc1)=NC(CC(=O)NCC(=O)NCc1ccccc1[Si](C)(C)O)c1nnc(C)n1-2. The Balaban J connectivity index is 1.36. The van der Waals surface area contributed by atoms with E-state index in [0.29, 0.717) is 28.1 Å². The van der Waals surface area contributed by atoms with Gasteiger partial charge in [0.2, 0.25) is 20.1 Å². The molecule has 2 amide bonds. The zero-order chi connectivity index (χ0) is 30.7. The van der Waals surface area contributed by atoms with E-state index in [0.717, 1.165) is 27.6 Å². The van der Waals surface area contributed by atoms with Crippen molar-refractivity contribution in [1.29, 1.82) is 0 Å². The molecule has 3 N–H and O–H groups in total. The minimum Gasteiger partial charge on any atom is -0.497 e. The third-order valence-corrected chi connectivity index (χ3v) is 9.29. The summed E-state index contributed by atoms with van der Waals surface area (Å²) in [4.78, 5) is 41.5. The van der Waals surface area contributed by atoms with Crippen molar-refractivity contribution >= 4 is 42.6 Å². The van der Waals surface area contributed by atoms with Gasteiger partial charge in [-0.25, -0.2) is 0 Å². The molecule has 10 nitrogen and oxygen atoms in total. The fraction of sp³-hybridized carbons (Fsp3) is 0.258. The Hall–Kier alpha value is -4.32. The average molecular weight is 617 g/mol. The second kappa shape index (κ2) is 12.5. The molecule has 2 heterocycles. The molecule has 0 aliphatic carbocycles. The first-order valence-corrected chi connectivity index (χ1v) is 17.2. The molecule has 1 aliphatic rings. The number of ether oxygens (including phenoxy) is 1. The number of nitrogens with one attached hydrogen (secondary N) is 2. The number of hydrogen-bond acceptors (Lipinski definition) is 7. The first-order valence-electron chi connectivity index (χ1n) is 13.8. The molecule has 0 radical (unpaired) electrons. The highest BCUT2D eigenvalue weighted by molar-refractivity contribution is 6.83. The van der Waals surface area contributed by atoms with Crippen molar-refractivity contribution < 1.29 is 19.1 Å². The summed E-state index contributed by atoms with van der Waals surface area (Å²) in [6.45, 7) is 5.56. The van der Waals surface area contributed by atoms with E-state index in [1.165, 1.54) is 0 Å². The van der Waals surface area contributed by atoms with Gasteiger partial charge in [-0.05, 0) is 61.1 Å². The first kappa shape index (κ1) is 30.1. The van der Waals surface area contributed by atoms with E-state index < -0.39 is 14.4 Å². The van der Waals surface area contributed by atoms with Crippen molar-refractivity contribution in [1.82, 2.24) is 25.4 Å². The van der Waals surface area contributed by atoms with Crippen molar-refractivity contribution in [3.8, 4) is 11.4 Å². The zero-order valence-electron chi connectivity index (χ0n) is 24.4. The molecule has 43 heavy (non-hydrogen) atoms. The number of benzene rings is 3. The van der Waals surface area contributed by atoms with Gasteiger partial charge in [-0.3, -0.25) is 19.1 Å². The zero-order valence-corrected chi connectivity index (χ0v) is 26.1. The van der Waals surface area contributed by atoms with Crippen molar-refractivity contribution in [3.05, 3.63) is 100 Å². The number of aliphatic imine (C=N–C) groups is 1. The van der Waals surface area contributed by atoms with E-state index in [4.69, 9.17) is 21.3 Å². The standard InChI is InChI=1S/C31H33ClN6O4Si/c1-19-36-37-31-25(16-28(39)34-18-29(40)33-17-21-7-5-6-8-27(21)43(3,4)41)35-30(20-9-11-22(32)12-10-20)24-15-23(42-2)13-14-26(24)38(19)31/h5-15,25,41H,16-18H2,1-4H3,(H,33,40)(H,34,39). The summed E-state index contributed by atoms with van der Waals surface area (Å²) >= 11 is 6.17. The molecule has 5 rings (SSSR count). The highest BCUT2D eigenvalue weighted by Crippen LogP contribution is 2.34. The maximum Gasteiger partial charge on any atom is 0.239 e. The number of hydrogen-bond donors (Lipinski definition) is 3. The predicted molar refractivity (Wildman–Crippen MR) is 168 cm³/mol. The van der Waals surface area contributed by atoms with Gasteiger partial charge >= 0.3 is 0 Å². The van der Waals surface area contributed by atoms with Crippen LogP contribution in [0.15, 0.2) is 71.7 Å². The number of fused-ring (bicyclic) bond motifs is 3. The quantitative estimate of drug-likeness (QED) is 0.247. The second-order valence-corrected chi connectivity index (χ2v) is 14.9. The molecule has 3 aromatic carbocycles. The number of rotatable bonds is 9. The lowest BCUT2D eigenvalue weighted by Gasteiger charge is -2.19. The van der Waals surface area contributed by atoms with Crippen molar-refractivity contribution in [2.75, 3.05) is 13.7 Å². The molecule has 0 bridgehead atoms. The highest BCUT2D eigenvalue weighted by atomic mass is 35.5. The van der Waals surface area contributed by atoms with Crippen LogP contribution in [0.2, 0.25) is 18.1 Å². The number of carbonyl (C=O) groups excluding carboxylic acids is 2. The topological polar surface area (TPSA) is 131 Å². The van der Waals surface area contributed by atoms with Gasteiger partial charge in [-0.15, -0.1) is 10.2 Å². The van der Waals surface area contributed by atoms with Gasteiger partial charge < -0.3 is 20.2 Å². The van der Waals surface area contributed by atoms with Crippen molar-refractivity contribution in [2.24, 2.45) is 4.99 Å². The van der Waals surface area contributed by atoms with Crippen molar-refractivity contribution in [3.63, 3.8) is 0 Å². The van der Waals surface area contributed by atoms with E-state index in [1.807, 2.05) is 79.2 Å². The Morgan fingerprint density at radius 1 is 1.02 bits per heavy atom. The van der Waals surface area contributed by atoms with Gasteiger partial charge in [0.1, 0.15) is 17.6 Å². The summed E-state index contributed by atoms with van der Waals surface area (Å²) in [5.41, 5.74) is 3.93. The lowest BCUT2D eigenvalue weighted by Crippen LogP contribution is -2.45. The lowest BCUT2D eigenvalue weighted by molar-refractivity contribution is -0.126. The third-order valence-electron chi connectivity index (χ3n) is 7.23. The van der Waals surface area contributed by atoms with E-state index >= 15 is 0 Å². The molecule has 0 saturated heterocycles. The molecule has 1 aliphatic heterocycles. The Bertz CT molecular complexity index is 1700. The minimum absolute atomic E-state index is 0.0548. The normalized spacial score (nSPS) is 14.2. The molecular formula is C31H33ClN6O4Si. The molecule has 4 aromatic rings. The average Bonchev–Trinajstić information content (AvgIpc) is 3.31. The van der Waals surface area contributed by atoms with Crippen LogP contribution in [0.1, 0.15) is 40.8 Å². The molecule has 222 valence electrons. The van der Waals surface area contributed by atoms with Crippen LogP contribution in [0.5, 0.6) is 5.75 Å². The Morgan fingerprint density at radius 3 is 2.49 bits per heavy atom. The van der Waals surface area contributed by atoms with E-state index in [1.54, 1.807) is 19.2 Å². The number of nitrogens with zero attached hydrogens (tertiary/aromatic N) is 4.